The molecule has 16 unspecified atom stereocenters. The summed E-state index contributed by atoms with van der Waals surface area (Å²) in [4.78, 5) is 105. The maximum absolute atomic E-state index is 10.6. The van der Waals surface area contributed by atoms with Crippen LogP contribution in [-0.2, 0) is 38.4 Å². The zero-order valence-corrected chi connectivity index (χ0v) is 74.1. The molecule has 16 atom stereocenters. The van der Waals surface area contributed by atoms with Crippen molar-refractivity contribution in [2.24, 2.45) is 0 Å². The molecule has 44 heteroatoms. The van der Waals surface area contributed by atoms with E-state index >= 15 is 0 Å². The van der Waals surface area contributed by atoms with Crippen LogP contribution in [-0.4, -0.2) is 562 Å². The standard InChI is InChI=1S/4C14H32N2O4.2C10H16N2O8/c4*1-11(17)7-15(8-12(2)18)5-6-16(9-13(3)19)10-14(4)20;2*13-7(14)3-11(4-8(15)16)1-2-12(5-9(17)18)6-10(19)20/h4*11-14,17-20H,5-10H2,1-4H3;2*1-6H2,(H,13,14)(H,15,16)(H,17,18)(H,19,20). The van der Waals surface area contributed by atoms with Gasteiger partial charge in [-0.25, -0.2) is 0 Å². The summed E-state index contributed by atoms with van der Waals surface area (Å²) < 4.78 is 0. The summed E-state index contributed by atoms with van der Waals surface area (Å²) in [5, 5.41) is 221. The van der Waals surface area contributed by atoms with Crippen molar-refractivity contribution in [3.8, 4) is 0 Å². The fraction of sp³-hybridized carbons (Fsp3) is 0.895. The second-order valence-electron chi connectivity index (χ2n) is 31.7. The van der Waals surface area contributed by atoms with Crippen molar-refractivity contribution in [2.75, 3.05) is 236 Å². The van der Waals surface area contributed by atoms with Gasteiger partial charge >= 0.3 is 47.8 Å². The molecule has 0 rings (SSSR count). The van der Waals surface area contributed by atoms with Gasteiger partial charge in [0.15, 0.2) is 0 Å². The highest BCUT2D eigenvalue weighted by molar-refractivity contribution is 5.74. The van der Waals surface area contributed by atoms with Crippen LogP contribution in [0.15, 0.2) is 0 Å². The first kappa shape index (κ1) is 125. The van der Waals surface area contributed by atoms with E-state index in [1.165, 1.54) is 0 Å². The molecule has 120 heavy (non-hydrogen) atoms. The number of aliphatic carboxylic acids is 8. The van der Waals surface area contributed by atoms with Gasteiger partial charge in [0, 0.05) is 183 Å². The molecular formula is C76H160N12O32. The summed E-state index contributed by atoms with van der Waals surface area (Å²) in [6.45, 7) is 36.5. The van der Waals surface area contributed by atoms with Gasteiger partial charge in [-0.05, 0) is 111 Å². The molecular weight excluding hydrogens is 1590 g/mol. The normalized spacial score (nSPS) is 15.8. The molecule has 0 fully saturated rings. The van der Waals surface area contributed by atoms with Crippen LogP contribution < -0.4 is 0 Å². The summed E-state index contributed by atoms with van der Waals surface area (Å²) >= 11 is 0. The van der Waals surface area contributed by atoms with Crippen molar-refractivity contribution >= 4 is 47.8 Å². The molecule has 716 valence electrons. The zero-order chi connectivity index (χ0) is 94.2. The van der Waals surface area contributed by atoms with Crippen LogP contribution in [0.5, 0.6) is 0 Å². The number of nitrogens with zero attached hydrogens (tertiary/aromatic N) is 12. The maximum Gasteiger partial charge on any atom is 0.317 e. The van der Waals surface area contributed by atoms with Crippen LogP contribution in [0, 0.1) is 0 Å². The number of hydrogen-bond donors (Lipinski definition) is 24. The lowest BCUT2D eigenvalue weighted by Gasteiger charge is -2.30. The number of rotatable bonds is 66. The molecule has 0 heterocycles. The van der Waals surface area contributed by atoms with E-state index in [1.807, 2.05) is 39.2 Å². The van der Waals surface area contributed by atoms with E-state index in [9.17, 15) is 120 Å². The Balaban J connectivity index is -0.000000325. The lowest BCUT2D eigenvalue weighted by Crippen LogP contribution is -2.44. The predicted octanol–water partition coefficient (Wildman–Crippen LogP) is -7.69. The Labute approximate surface area is 709 Å². The Morgan fingerprint density at radius 3 is 0.250 bits per heavy atom. The topological polar surface area (TPSA) is 661 Å². The highest BCUT2D eigenvalue weighted by Crippen LogP contribution is 2.07. The van der Waals surface area contributed by atoms with Crippen molar-refractivity contribution in [1.29, 1.82) is 0 Å². The van der Waals surface area contributed by atoms with Crippen LogP contribution in [0.3, 0.4) is 0 Å². The van der Waals surface area contributed by atoms with E-state index in [0.717, 1.165) is 19.6 Å². The van der Waals surface area contributed by atoms with E-state index in [4.69, 9.17) is 40.9 Å². The summed E-state index contributed by atoms with van der Waals surface area (Å²) in [5.74, 6) is -9.82. The minimum Gasteiger partial charge on any atom is -0.480 e. The molecule has 0 saturated heterocycles. The minimum absolute atomic E-state index is 0.0703. The van der Waals surface area contributed by atoms with Crippen molar-refractivity contribution in [1.82, 2.24) is 58.8 Å². The van der Waals surface area contributed by atoms with E-state index in [-0.39, 0.29) is 26.2 Å². The number of carboxylic acids is 8. The molecule has 0 aromatic carbocycles. The number of aliphatic hydroxyl groups excluding tert-OH is 16. The molecule has 0 saturated carbocycles. The number of carboxylic acid groups (broad SMARTS) is 8. The highest BCUT2D eigenvalue weighted by Gasteiger charge is 2.24. The first-order valence-corrected chi connectivity index (χ1v) is 40.5. The first-order valence-electron chi connectivity index (χ1n) is 40.5. The first-order chi connectivity index (χ1) is 55.2. The second-order valence-corrected chi connectivity index (χ2v) is 31.7. The molecule has 0 aliphatic rings. The summed E-state index contributed by atoms with van der Waals surface area (Å²) in [6.07, 6.45) is -7.17. The molecule has 44 nitrogen and oxygen atoms in total. The number of hydrogen-bond acceptors (Lipinski definition) is 36. The molecule has 0 spiro atoms. The monoisotopic (exact) mass is 1750 g/mol. The van der Waals surface area contributed by atoms with E-state index in [2.05, 4.69) is 0 Å². The molecule has 0 amide bonds. The smallest absolute Gasteiger partial charge is 0.317 e. The van der Waals surface area contributed by atoms with Gasteiger partial charge in [-0.2, -0.15) is 0 Å². The van der Waals surface area contributed by atoms with Gasteiger partial charge in [-0.3, -0.25) is 97.2 Å². The molecule has 0 aliphatic carbocycles. The van der Waals surface area contributed by atoms with Gasteiger partial charge < -0.3 is 123 Å². The largest absolute Gasteiger partial charge is 0.480 e. The third kappa shape index (κ3) is 96.5. The fourth-order valence-corrected chi connectivity index (χ4v) is 12.1. The molecule has 24 N–H and O–H groups in total. The quantitative estimate of drug-likeness (QED) is 0.0269. The van der Waals surface area contributed by atoms with Crippen LogP contribution in [0.4, 0.5) is 0 Å². The van der Waals surface area contributed by atoms with Crippen molar-refractivity contribution in [3.05, 3.63) is 0 Å². The van der Waals surface area contributed by atoms with Crippen LogP contribution in [0.2, 0.25) is 0 Å². The van der Waals surface area contributed by atoms with Gasteiger partial charge in [-0.15, -0.1) is 0 Å². The Morgan fingerprint density at radius 1 is 0.142 bits per heavy atom. The average Bonchev–Trinajstić information content (AvgIpc) is 0.962. The fourth-order valence-electron chi connectivity index (χ4n) is 12.1. The lowest BCUT2D eigenvalue weighted by molar-refractivity contribution is -0.145. The van der Waals surface area contributed by atoms with Crippen LogP contribution in [0.1, 0.15) is 111 Å². The summed E-state index contributed by atoms with van der Waals surface area (Å²) in [6, 6.07) is 0. The molecule has 0 radical (unpaired) electrons. The van der Waals surface area contributed by atoms with Gasteiger partial charge in [-0.1, -0.05) is 0 Å². The third-order valence-corrected chi connectivity index (χ3v) is 15.6. The van der Waals surface area contributed by atoms with Crippen molar-refractivity contribution in [3.63, 3.8) is 0 Å². The second kappa shape index (κ2) is 75.0. The lowest BCUT2D eigenvalue weighted by atomic mass is 10.2. The zero-order valence-electron chi connectivity index (χ0n) is 74.1. The van der Waals surface area contributed by atoms with Crippen molar-refractivity contribution in [2.45, 2.75) is 208 Å². The summed E-state index contributed by atoms with van der Waals surface area (Å²) in [7, 11) is 0. The van der Waals surface area contributed by atoms with Crippen LogP contribution in [0.25, 0.3) is 0 Å². The highest BCUT2D eigenvalue weighted by atomic mass is 16.4. The van der Waals surface area contributed by atoms with Crippen molar-refractivity contribution < 1.29 is 161 Å². The molecule has 0 bridgehead atoms. The Kier molecular flexibility index (Phi) is 78.4. The number of aliphatic hydroxyl groups is 16. The Bertz CT molecular complexity index is 1990. The Hall–Kier alpha value is -5.36. The van der Waals surface area contributed by atoms with Crippen LogP contribution >= 0.6 is 0 Å². The molecule has 0 aromatic rings. The van der Waals surface area contributed by atoms with Gasteiger partial charge in [0.2, 0.25) is 0 Å². The van der Waals surface area contributed by atoms with Gasteiger partial charge in [0.05, 0.1) is 150 Å². The van der Waals surface area contributed by atoms with Gasteiger partial charge in [0.1, 0.15) is 0 Å². The Morgan fingerprint density at radius 2 is 0.200 bits per heavy atom. The van der Waals surface area contributed by atoms with E-state index in [1.54, 1.807) is 111 Å². The average molecular weight is 1750 g/mol. The summed E-state index contributed by atoms with van der Waals surface area (Å²) in [5.41, 5.74) is 0. The molecule has 0 aliphatic heterocycles. The third-order valence-electron chi connectivity index (χ3n) is 15.6. The SMILES string of the molecule is CC(O)CN(CCN(CC(C)O)CC(C)O)CC(C)O.CC(O)CN(CCN(CC(C)O)CC(C)O)CC(C)O.CC(O)CN(CCN(CC(C)O)CC(C)O)CC(C)O.CC(O)CN(CCN(CC(C)O)CC(C)O)CC(C)O.O=C(O)CN(CCN(CC(=O)O)CC(=O)O)CC(=O)O.O=C(O)CN(CCN(CC(=O)O)CC(=O)O)CC(=O)O. The minimum atomic E-state index is -1.23. The maximum atomic E-state index is 10.6. The number of carbonyl (C=O) groups is 8. The van der Waals surface area contributed by atoms with E-state index in [0.29, 0.717) is 157 Å². The van der Waals surface area contributed by atoms with Gasteiger partial charge in [0.25, 0.3) is 0 Å². The van der Waals surface area contributed by atoms with E-state index < -0.39 is 198 Å². The predicted molar refractivity (Wildman–Crippen MR) is 445 cm³/mol. The molecule has 0 aromatic heterocycles.